The highest BCUT2D eigenvalue weighted by Gasteiger charge is 2.33. The van der Waals surface area contributed by atoms with E-state index in [1.54, 1.807) is 6.92 Å². The Balaban J connectivity index is 6.39. The molecule has 90 heavy (non-hydrogen) atoms. The van der Waals surface area contributed by atoms with Crippen LogP contribution in [0.1, 0.15) is 156 Å². The van der Waals surface area contributed by atoms with E-state index in [1.807, 2.05) is 51.8 Å². The molecule has 29 nitrogen and oxygen atoms in total. The number of primary amides is 1. The Morgan fingerprint density at radius 3 is 1.47 bits per heavy atom. The summed E-state index contributed by atoms with van der Waals surface area (Å²) in [5.41, 5.74) is 5.54. The van der Waals surface area contributed by atoms with Gasteiger partial charge in [-0.05, 0) is 79.8 Å². The first-order valence-electron chi connectivity index (χ1n) is 32.6. The number of nitrogens with zero attached hydrogens (tertiary/aromatic N) is 2. The molecule has 0 aliphatic heterocycles. The lowest BCUT2D eigenvalue weighted by Crippen LogP contribution is -2.56. The van der Waals surface area contributed by atoms with E-state index in [-0.39, 0.29) is 83.6 Å². The summed E-state index contributed by atoms with van der Waals surface area (Å²) in [5.74, 6) is -8.66. The summed E-state index contributed by atoms with van der Waals surface area (Å²) in [5, 5.41) is 33.9. The second-order valence-corrected chi connectivity index (χ2v) is 23.0. The van der Waals surface area contributed by atoms with Gasteiger partial charge in [0.15, 0.2) is 0 Å². The molecule has 0 aromatic carbocycles. The normalized spacial score (nSPS) is 13.1. The smallest absolute Gasteiger partial charge is 0.305 e. The Labute approximate surface area is 534 Å². The number of carbonyl (C=O) groups is 12. The van der Waals surface area contributed by atoms with Crippen LogP contribution in [-0.4, -0.2) is 232 Å². The van der Waals surface area contributed by atoms with E-state index < -0.39 is 115 Å². The number of ketones is 1. The largest absolute Gasteiger partial charge is 0.463 e. The summed E-state index contributed by atoms with van der Waals surface area (Å²) in [7, 11) is 7.58. The van der Waals surface area contributed by atoms with E-state index >= 15 is 0 Å². The summed E-state index contributed by atoms with van der Waals surface area (Å²) in [6.45, 7) is 11.7. The molecule has 0 fully saturated rings. The van der Waals surface area contributed by atoms with Crippen LogP contribution >= 0.6 is 0 Å². The minimum atomic E-state index is -1.61. The van der Waals surface area contributed by atoms with Gasteiger partial charge in [0.25, 0.3) is 0 Å². The highest BCUT2D eigenvalue weighted by molar-refractivity contribution is 5.98. The molecule has 6 atom stereocenters. The van der Waals surface area contributed by atoms with Gasteiger partial charge in [-0.1, -0.05) is 72.6 Å². The van der Waals surface area contributed by atoms with Crippen LogP contribution in [0, 0.1) is 11.8 Å². The molecule has 0 heterocycles. The highest BCUT2D eigenvalue weighted by atomic mass is 16.5. The Morgan fingerprint density at radius 1 is 0.433 bits per heavy atom. The van der Waals surface area contributed by atoms with Crippen LogP contribution in [0.2, 0.25) is 0 Å². The van der Waals surface area contributed by atoms with Gasteiger partial charge in [-0.15, -0.1) is 0 Å². The number of amides is 9. The third-order valence-corrected chi connectivity index (χ3v) is 14.2. The molecular weight excluding hydrogens is 1170 g/mol. The van der Waals surface area contributed by atoms with Crippen molar-refractivity contribution >= 4 is 71.4 Å². The second-order valence-electron chi connectivity index (χ2n) is 23.0. The van der Waals surface area contributed by atoms with E-state index in [4.69, 9.17) is 15.2 Å². The van der Waals surface area contributed by atoms with Gasteiger partial charge in [0.1, 0.15) is 43.3 Å². The first kappa shape index (κ1) is 83.6. The fraction of sp³-hybridized carbons (Fsp3) is 0.803. The number of hydrogen-bond donors (Lipinski definition) is 13. The fourth-order valence-corrected chi connectivity index (χ4v) is 8.88. The molecule has 0 radical (unpaired) electrons. The molecule has 0 aromatic heterocycles. The number of esters is 2. The van der Waals surface area contributed by atoms with Gasteiger partial charge in [0, 0.05) is 116 Å². The summed E-state index contributed by atoms with van der Waals surface area (Å²) in [4.78, 5) is 161. The van der Waals surface area contributed by atoms with Gasteiger partial charge in [-0.3, -0.25) is 62.9 Å². The first-order valence-corrected chi connectivity index (χ1v) is 32.6. The quantitative estimate of drug-likeness (QED) is 0.0146. The van der Waals surface area contributed by atoms with Gasteiger partial charge >= 0.3 is 11.9 Å². The molecule has 6 unspecified atom stereocenters. The van der Waals surface area contributed by atoms with Crippen LogP contribution in [0.3, 0.4) is 0 Å². The van der Waals surface area contributed by atoms with Crippen molar-refractivity contribution < 1.29 is 67.0 Å². The lowest BCUT2D eigenvalue weighted by Gasteiger charge is -2.24. The van der Waals surface area contributed by atoms with Crippen LogP contribution in [0.5, 0.6) is 0 Å². The molecule has 0 spiro atoms. The molecule has 14 N–H and O–H groups in total. The fourth-order valence-electron chi connectivity index (χ4n) is 8.88. The van der Waals surface area contributed by atoms with E-state index in [0.717, 1.165) is 57.9 Å². The number of nitrogens with two attached hydrogens (primary N) is 1. The number of nitrogens with one attached hydrogen (secondary N) is 12. The molecular formula is C61H115N15O14. The van der Waals surface area contributed by atoms with Crippen LogP contribution in [-0.2, 0) is 67.0 Å². The van der Waals surface area contributed by atoms with E-state index in [1.165, 1.54) is 0 Å². The molecule has 0 bridgehead atoms. The lowest BCUT2D eigenvalue weighted by molar-refractivity contribution is -0.146. The Bertz CT molecular complexity index is 2090. The van der Waals surface area contributed by atoms with Gasteiger partial charge in [0.05, 0.1) is 12.3 Å². The Morgan fingerprint density at radius 2 is 0.911 bits per heavy atom. The maximum absolute atomic E-state index is 14.4. The summed E-state index contributed by atoms with van der Waals surface area (Å²) < 4.78 is 10.5. The number of unbranched alkanes of at least 4 members (excludes halogenated alkanes) is 7. The van der Waals surface area contributed by atoms with Crippen molar-refractivity contribution in [3.8, 4) is 0 Å². The van der Waals surface area contributed by atoms with Crippen molar-refractivity contribution in [1.82, 2.24) is 73.6 Å². The van der Waals surface area contributed by atoms with Gasteiger partial charge in [-0.2, -0.15) is 0 Å². The molecule has 9 amide bonds. The topological polar surface area (TPSA) is 400 Å². The molecule has 0 saturated heterocycles. The summed E-state index contributed by atoms with van der Waals surface area (Å²) in [6.07, 6.45) is 7.94. The maximum Gasteiger partial charge on any atom is 0.305 e. The zero-order valence-electron chi connectivity index (χ0n) is 55.5. The number of ether oxygens (including phenoxy) is 2. The van der Waals surface area contributed by atoms with Crippen LogP contribution in [0.25, 0.3) is 0 Å². The predicted octanol–water partition coefficient (Wildman–Crippen LogP) is -1.29. The average Bonchev–Trinajstić information content (AvgIpc) is 3.46. The van der Waals surface area contributed by atoms with E-state index in [2.05, 4.69) is 70.7 Å². The third kappa shape index (κ3) is 45.8. The number of rotatable bonds is 59. The minimum Gasteiger partial charge on any atom is -0.463 e. The molecule has 0 aromatic rings. The van der Waals surface area contributed by atoms with Crippen molar-refractivity contribution in [2.45, 2.75) is 180 Å². The third-order valence-electron chi connectivity index (χ3n) is 14.2. The van der Waals surface area contributed by atoms with Crippen molar-refractivity contribution in [3.05, 3.63) is 0 Å². The van der Waals surface area contributed by atoms with Crippen molar-refractivity contribution in [1.29, 1.82) is 0 Å². The van der Waals surface area contributed by atoms with Gasteiger partial charge in [-0.25, -0.2) is 0 Å². The molecule has 518 valence electrons. The van der Waals surface area contributed by atoms with E-state index in [9.17, 15) is 57.5 Å². The highest BCUT2D eigenvalue weighted by Crippen LogP contribution is 2.15. The van der Waals surface area contributed by atoms with Crippen molar-refractivity contribution in [2.75, 3.05) is 126 Å². The Hall–Kier alpha value is -6.40. The number of Topliss-reactive ketones (excluding diaryl/α,β-unsaturated/α-hetero) is 1. The summed E-state index contributed by atoms with van der Waals surface area (Å²) in [6, 6.07) is -4.13. The summed E-state index contributed by atoms with van der Waals surface area (Å²) >= 11 is 0. The predicted molar refractivity (Wildman–Crippen MR) is 343 cm³/mol. The standard InChI is InChI=1S/C61H115N15O14/c1-9-13-16-18-25-67-53(80)41-49(73-54(81)38-45(12-4)58(85)70-26-19-17-14-10-2)61(88)74-48(60(87)71-34-30-63-27-31-65-50(57(62)84)42-89-55(82)22-20-35-75(5)6)40-47(78)37-46(59(86)69-24-15-11-3)39-52(79)68-33-29-64-28-32-66-51(72-44-77)43-90-56(83)23-21-36-76(7)8/h44-46,48-51,63-66H,9-43H2,1-8H3,(H2,62,84)(H,67,80)(H,68,79)(H,69,86)(H,70,85)(H,71,87)(H,72,77)(H,73,81)(H,74,88). The van der Waals surface area contributed by atoms with Gasteiger partial charge < -0.3 is 83.5 Å². The van der Waals surface area contributed by atoms with Crippen molar-refractivity contribution in [3.63, 3.8) is 0 Å². The van der Waals surface area contributed by atoms with Crippen molar-refractivity contribution in [2.24, 2.45) is 17.6 Å². The minimum absolute atomic E-state index is 0.0381. The Kier molecular flexibility index (Phi) is 50.5. The first-order chi connectivity index (χ1) is 43.1. The van der Waals surface area contributed by atoms with E-state index in [0.29, 0.717) is 77.8 Å². The zero-order valence-corrected chi connectivity index (χ0v) is 55.5. The SMILES string of the molecule is CCCCCCNC(=O)CC(NC(=O)CC(CC)C(=O)NCCCCCC)C(=O)NC(CC(=O)CC(CC(=O)NCCNCCNC(COC(=O)CCCN(C)C)NC=O)C(=O)NCCCC)C(=O)NCCNCCNC(COC(=O)CCCN(C)C)C(N)=O. The van der Waals surface area contributed by atoms with Crippen LogP contribution in [0.4, 0.5) is 0 Å². The maximum atomic E-state index is 14.4. The zero-order chi connectivity index (χ0) is 67.3. The second kappa shape index (κ2) is 54.3. The molecule has 29 heteroatoms. The molecule has 0 aliphatic carbocycles. The molecule has 0 saturated carbocycles. The molecule has 0 aliphatic rings. The van der Waals surface area contributed by atoms with Gasteiger partial charge in [0.2, 0.25) is 53.7 Å². The van der Waals surface area contributed by atoms with Crippen LogP contribution in [0.15, 0.2) is 0 Å². The molecule has 0 rings (SSSR count). The number of carbonyl (C=O) groups excluding carboxylic acids is 12. The number of hydrogen-bond acceptors (Lipinski definition) is 20. The lowest BCUT2D eigenvalue weighted by atomic mass is 9.94. The average molecular weight is 1280 g/mol. The monoisotopic (exact) mass is 1280 g/mol. The van der Waals surface area contributed by atoms with Crippen LogP contribution < -0.4 is 69.5 Å².